The first kappa shape index (κ1) is 21.8. The van der Waals surface area contributed by atoms with Crippen molar-refractivity contribution in [2.45, 2.75) is 23.4 Å². The summed E-state index contributed by atoms with van der Waals surface area (Å²) in [6.07, 6.45) is 0.920. The molecule has 3 N–H and O–H groups in total. The van der Waals surface area contributed by atoms with Crippen LogP contribution in [-0.4, -0.2) is 60.7 Å². The summed E-state index contributed by atoms with van der Waals surface area (Å²) in [4.78, 5) is 35.2. The van der Waals surface area contributed by atoms with Crippen LogP contribution in [0, 0.1) is 17.0 Å². The number of carbonyl (C=O) groups is 1. The number of fused-ring (bicyclic) bond motifs is 1. The van der Waals surface area contributed by atoms with Gasteiger partial charge in [0, 0.05) is 13.1 Å². The van der Waals surface area contributed by atoms with E-state index in [4.69, 9.17) is 40.5 Å². The van der Waals surface area contributed by atoms with Gasteiger partial charge in [-0.15, -0.1) is 0 Å². The Kier molecular flexibility index (Phi) is 5.87. The van der Waals surface area contributed by atoms with Gasteiger partial charge in [-0.1, -0.05) is 34.8 Å². The molecule has 3 aromatic heterocycles. The molecule has 3 rings (SSSR count). The van der Waals surface area contributed by atoms with Crippen LogP contribution in [0.4, 0.5) is 16.6 Å². The molecule has 0 bridgehead atoms. The predicted octanol–water partition coefficient (Wildman–Crippen LogP) is 2.37. The second kappa shape index (κ2) is 8.08. The normalized spacial score (nSPS) is 12.8. The third kappa shape index (κ3) is 4.17. The monoisotopic (exact) mass is 477 g/mol. The predicted molar refractivity (Wildman–Crippen MR) is 107 cm³/mol. The van der Waals surface area contributed by atoms with Gasteiger partial charge in [-0.25, -0.2) is 24.0 Å². The van der Waals surface area contributed by atoms with Crippen molar-refractivity contribution < 1.29 is 14.8 Å². The van der Waals surface area contributed by atoms with Gasteiger partial charge in [0.15, 0.2) is 17.6 Å². The molecule has 3 aromatic rings. The summed E-state index contributed by atoms with van der Waals surface area (Å²) in [5.74, 6) is -0.0605. The number of nitrogens with two attached hydrogens (primary N) is 1. The lowest BCUT2D eigenvalue weighted by atomic mass is 10.4. The van der Waals surface area contributed by atoms with Crippen molar-refractivity contribution in [3.8, 4) is 0 Å². The Morgan fingerprint density at radius 3 is 2.67 bits per heavy atom. The Morgan fingerprint density at radius 2 is 2.07 bits per heavy atom. The number of nitro groups is 1. The van der Waals surface area contributed by atoms with Gasteiger partial charge >= 0.3 is 11.9 Å². The molecule has 30 heavy (non-hydrogen) atoms. The van der Waals surface area contributed by atoms with Crippen LogP contribution in [0.2, 0.25) is 0 Å². The van der Waals surface area contributed by atoms with Crippen molar-refractivity contribution in [2.24, 2.45) is 0 Å². The van der Waals surface area contributed by atoms with Gasteiger partial charge in [0.2, 0.25) is 9.74 Å². The standard InChI is InChI=1S/C14H14Cl3N9O4/c1-7-19-6-9(26(29)30)23(7)2-3-24(13(27)28)11(14(15,16)17)25-10-8(5-21-25)4-20-12(18)22-10/h4-6,11H,2-3H2,1H3,(H,27,28)(H2,18,20,22). The summed E-state index contributed by atoms with van der Waals surface area (Å²) in [5, 5.41) is 25.5. The fourth-order valence-corrected chi connectivity index (χ4v) is 3.51. The molecule has 0 fully saturated rings. The molecule has 0 aliphatic rings. The number of halogens is 3. The van der Waals surface area contributed by atoms with E-state index in [9.17, 15) is 20.0 Å². The van der Waals surface area contributed by atoms with Crippen LogP contribution < -0.4 is 5.73 Å². The topological polar surface area (TPSA) is 171 Å². The van der Waals surface area contributed by atoms with Crippen molar-refractivity contribution in [1.29, 1.82) is 0 Å². The molecule has 1 amide bonds. The molecule has 0 spiro atoms. The number of rotatable bonds is 6. The van der Waals surface area contributed by atoms with E-state index in [2.05, 4.69) is 20.1 Å². The van der Waals surface area contributed by atoms with Crippen LogP contribution in [0.15, 0.2) is 18.6 Å². The van der Waals surface area contributed by atoms with Crippen LogP contribution >= 0.6 is 34.8 Å². The summed E-state index contributed by atoms with van der Waals surface area (Å²) in [7, 11) is 0. The summed E-state index contributed by atoms with van der Waals surface area (Å²) < 4.78 is 0.170. The number of aromatic nitrogens is 6. The number of amides is 1. The number of hydrogen-bond acceptors (Lipinski definition) is 8. The Bertz CT molecular complexity index is 1110. The molecule has 0 aromatic carbocycles. The van der Waals surface area contributed by atoms with Gasteiger partial charge < -0.3 is 21.0 Å². The fraction of sp³-hybridized carbons (Fsp3) is 0.357. The van der Waals surface area contributed by atoms with Crippen molar-refractivity contribution in [3.63, 3.8) is 0 Å². The maximum absolute atomic E-state index is 12.0. The number of nitrogen functional groups attached to an aromatic ring is 1. The van der Waals surface area contributed by atoms with E-state index in [1.807, 2.05) is 0 Å². The SMILES string of the molecule is Cc1ncc([N+](=O)[O-])n1CCN(C(=O)O)C(n1ncc2cnc(N)nc21)C(Cl)(Cl)Cl. The highest BCUT2D eigenvalue weighted by atomic mass is 35.6. The van der Waals surface area contributed by atoms with E-state index in [1.165, 1.54) is 17.0 Å². The van der Waals surface area contributed by atoms with Gasteiger partial charge in [0.05, 0.1) is 18.1 Å². The van der Waals surface area contributed by atoms with E-state index >= 15 is 0 Å². The molecule has 0 saturated carbocycles. The number of aryl methyl sites for hydroxylation is 1. The Labute approximate surface area is 183 Å². The van der Waals surface area contributed by atoms with Crippen molar-refractivity contribution in [2.75, 3.05) is 12.3 Å². The van der Waals surface area contributed by atoms with E-state index < -0.39 is 21.0 Å². The van der Waals surface area contributed by atoms with Crippen molar-refractivity contribution in [1.82, 2.24) is 34.2 Å². The molecule has 0 radical (unpaired) electrons. The Morgan fingerprint density at radius 1 is 1.37 bits per heavy atom. The minimum absolute atomic E-state index is 0.0844. The molecule has 13 nitrogen and oxygen atoms in total. The molecular formula is C14H14Cl3N9O4. The van der Waals surface area contributed by atoms with Gasteiger partial charge in [-0.3, -0.25) is 4.90 Å². The van der Waals surface area contributed by atoms with Crippen LogP contribution in [0.3, 0.4) is 0 Å². The molecule has 0 aliphatic carbocycles. The number of nitrogens with zero attached hydrogens (tertiary/aromatic N) is 8. The first-order valence-corrected chi connectivity index (χ1v) is 9.32. The lowest BCUT2D eigenvalue weighted by Crippen LogP contribution is -2.45. The summed E-state index contributed by atoms with van der Waals surface area (Å²) in [5.41, 5.74) is 5.76. The second-order valence-electron chi connectivity index (χ2n) is 6.06. The summed E-state index contributed by atoms with van der Waals surface area (Å²) in [6, 6.07) is 0. The molecule has 3 heterocycles. The van der Waals surface area contributed by atoms with E-state index in [-0.39, 0.29) is 30.5 Å². The minimum Gasteiger partial charge on any atom is -0.465 e. The summed E-state index contributed by atoms with van der Waals surface area (Å²) in [6.45, 7) is 1.14. The van der Waals surface area contributed by atoms with Gasteiger partial charge in [0.25, 0.3) is 0 Å². The number of alkyl halides is 3. The van der Waals surface area contributed by atoms with Crippen LogP contribution in [-0.2, 0) is 6.54 Å². The number of carboxylic acid groups (broad SMARTS) is 1. The average molecular weight is 479 g/mol. The molecule has 16 heteroatoms. The molecule has 1 atom stereocenters. The highest BCUT2D eigenvalue weighted by Crippen LogP contribution is 2.41. The van der Waals surface area contributed by atoms with Crippen LogP contribution in [0.25, 0.3) is 11.0 Å². The molecule has 1 unspecified atom stereocenters. The third-order valence-electron chi connectivity index (χ3n) is 4.20. The first-order valence-electron chi connectivity index (χ1n) is 8.19. The van der Waals surface area contributed by atoms with Gasteiger partial charge in [0.1, 0.15) is 12.7 Å². The quantitative estimate of drug-likeness (QED) is 0.306. The third-order valence-corrected chi connectivity index (χ3v) is 4.79. The van der Waals surface area contributed by atoms with Crippen molar-refractivity contribution >= 4 is 63.7 Å². The number of hydrogen-bond donors (Lipinski definition) is 2. The zero-order valence-corrected chi connectivity index (χ0v) is 17.5. The van der Waals surface area contributed by atoms with Crippen molar-refractivity contribution in [3.05, 3.63) is 34.5 Å². The first-order chi connectivity index (χ1) is 14.0. The van der Waals surface area contributed by atoms with Gasteiger partial charge in [-0.2, -0.15) is 10.1 Å². The maximum atomic E-state index is 12.0. The van der Waals surface area contributed by atoms with Crippen LogP contribution in [0.1, 0.15) is 12.0 Å². The minimum atomic E-state index is -2.17. The molecule has 0 aliphatic heterocycles. The Balaban J connectivity index is 2.02. The zero-order valence-electron chi connectivity index (χ0n) is 15.2. The largest absolute Gasteiger partial charge is 0.465 e. The lowest BCUT2D eigenvalue weighted by Gasteiger charge is -2.33. The van der Waals surface area contributed by atoms with Crippen LogP contribution in [0.5, 0.6) is 0 Å². The zero-order chi connectivity index (χ0) is 22.2. The highest BCUT2D eigenvalue weighted by molar-refractivity contribution is 6.67. The van der Waals surface area contributed by atoms with E-state index in [0.717, 1.165) is 15.8 Å². The highest BCUT2D eigenvalue weighted by Gasteiger charge is 2.43. The average Bonchev–Trinajstić information content (AvgIpc) is 3.20. The Hall–Kier alpha value is -2.90. The fourth-order valence-electron chi connectivity index (χ4n) is 2.88. The number of anilines is 1. The lowest BCUT2D eigenvalue weighted by molar-refractivity contribution is -0.392. The smallest absolute Gasteiger partial charge is 0.409 e. The molecule has 0 saturated heterocycles. The molecular weight excluding hydrogens is 465 g/mol. The van der Waals surface area contributed by atoms with Gasteiger partial charge in [-0.05, 0) is 4.92 Å². The molecule has 160 valence electrons. The number of imidazole rings is 1. The van der Waals surface area contributed by atoms with E-state index in [1.54, 1.807) is 6.92 Å². The second-order valence-corrected chi connectivity index (χ2v) is 8.43. The summed E-state index contributed by atoms with van der Waals surface area (Å²) >= 11 is 18.3. The maximum Gasteiger partial charge on any atom is 0.409 e. The van der Waals surface area contributed by atoms with E-state index in [0.29, 0.717) is 11.2 Å².